The van der Waals surface area contributed by atoms with Gasteiger partial charge in [0.2, 0.25) is 0 Å². The van der Waals surface area contributed by atoms with Crippen LogP contribution in [0.5, 0.6) is 0 Å². The van der Waals surface area contributed by atoms with Gasteiger partial charge in [0.05, 0.1) is 39.8 Å². The molecule has 0 amide bonds. The van der Waals surface area contributed by atoms with E-state index in [-0.39, 0.29) is 5.97 Å². The molecule has 0 aromatic rings. The largest absolute Gasteiger partial charge is 0.469 e. The lowest BCUT2D eigenvalue weighted by molar-refractivity contribution is -0.934. The monoisotopic (exact) mass is 342 g/mol. The topological polar surface area (TPSA) is 35.5 Å². The summed E-state index contributed by atoms with van der Waals surface area (Å²) in [7, 11) is 1.48. The second kappa shape index (κ2) is 13.7. The van der Waals surface area contributed by atoms with E-state index in [1.807, 2.05) is 0 Å². The first-order valence-corrected chi connectivity index (χ1v) is 10.2. The fourth-order valence-corrected chi connectivity index (χ4v) is 3.65. The number of esters is 1. The molecule has 0 aromatic carbocycles. The Morgan fingerprint density at radius 2 is 1.42 bits per heavy atom. The van der Waals surface area contributed by atoms with Crippen molar-refractivity contribution in [3.8, 4) is 0 Å². The second-order valence-corrected chi connectivity index (χ2v) is 7.36. The van der Waals surface area contributed by atoms with Crippen molar-refractivity contribution < 1.29 is 18.8 Å². The van der Waals surface area contributed by atoms with E-state index >= 15 is 0 Å². The Labute approximate surface area is 149 Å². The predicted octanol–water partition coefficient (Wildman–Crippen LogP) is 4.32. The normalized spacial score (nSPS) is 16.9. The lowest BCUT2D eigenvalue weighted by Gasteiger charge is -2.41. The van der Waals surface area contributed by atoms with Crippen molar-refractivity contribution in [3.05, 3.63) is 0 Å². The van der Waals surface area contributed by atoms with Crippen LogP contribution in [0, 0.1) is 0 Å². The quantitative estimate of drug-likeness (QED) is 0.268. The molecule has 142 valence electrons. The molecule has 1 fully saturated rings. The molecule has 0 aromatic heterocycles. The van der Waals surface area contributed by atoms with E-state index < -0.39 is 0 Å². The summed E-state index contributed by atoms with van der Waals surface area (Å²) in [6.45, 7) is 8.14. The van der Waals surface area contributed by atoms with E-state index in [1.165, 1.54) is 77.9 Å². The third-order valence-electron chi connectivity index (χ3n) is 5.42. The molecule has 0 unspecified atom stereocenters. The third kappa shape index (κ3) is 9.63. The summed E-state index contributed by atoms with van der Waals surface area (Å²) in [5.41, 5.74) is 0. The van der Waals surface area contributed by atoms with Crippen LogP contribution in [0.25, 0.3) is 0 Å². The molecule has 1 aliphatic heterocycles. The van der Waals surface area contributed by atoms with Crippen molar-refractivity contribution in [2.24, 2.45) is 0 Å². The Kier molecular flexibility index (Phi) is 12.2. The van der Waals surface area contributed by atoms with Crippen LogP contribution in [0.1, 0.15) is 77.6 Å². The molecule has 4 nitrogen and oxygen atoms in total. The number of nitrogens with zero attached hydrogens (tertiary/aromatic N) is 1. The zero-order chi connectivity index (χ0) is 17.5. The molecule has 0 bridgehead atoms. The second-order valence-electron chi connectivity index (χ2n) is 7.36. The maximum absolute atomic E-state index is 11.5. The predicted molar refractivity (Wildman–Crippen MR) is 99.0 cm³/mol. The van der Waals surface area contributed by atoms with Gasteiger partial charge in [-0.3, -0.25) is 4.79 Å². The minimum Gasteiger partial charge on any atom is -0.469 e. The molecule has 0 N–H and O–H groups in total. The van der Waals surface area contributed by atoms with Crippen LogP contribution in [0.2, 0.25) is 0 Å². The molecule has 1 aliphatic rings. The molecule has 0 aliphatic carbocycles. The van der Waals surface area contributed by atoms with Gasteiger partial charge in [-0.05, 0) is 12.8 Å². The molecule has 0 radical (unpaired) electrons. The summed E-state index contributed by atoms with van der Waals surface area (Å²) in [6, 6.07) is 0. The van der Waals surface area contributed by atoms with Gasteiger partial charge in [0.25, 0.3) is 0 Å². The molecule has 0 atom stereocenters. The highest BCUT2D eigenvalue weighted by atomic mass is 16.5. The molecule has 0 saturated carbocycles. The van der Waals surface area contributed by atoms with Crippen molar-refractivity contribution in [2.75, 3.05) is 46.5 Å². The van der Waals surface area contributed by atoms with Gasteiger partial charge < -0.3 is 14.0 Å². The molecule has 4 heteroatoms. The first kappa shape index (κ1) is 21.4. The third-order valence-corrected chi connectivity index (χ3v) is 5.42. The number of hydrogen-bond donors (Lipinski definition) is 0. The summed E-state index contributed by atoms with van der Waals surface area (Å²) < 4.78 is 11.4. The number of methoxy groups -OCH3 is 1. The van der Waals surface area contributed by atoms with Gasteiger partial charge in [-0.2, -0.15) is 0 Å². The number of ether oxygens (including phenoxy) is 2. The summed E-state index contributed by atoms with van der Waals surface area (Å²) in [5, 5.41) is 0. The van der Waals surface area contributed by atoms with Crippen LogP contribution >= 0.6 is 0 Å². The standard InChI is InChI=1S/C20H40NO3/c1-3-4-5-6-7-8-9-10-11-12-14-21(15-13-20(22)23-2)16-18-24-19-17-21/h3-19H2,1-2H3/q+1. The van der Waals surface area contributed by atoms with E-state index in [4.69, 9.17) is 9.47 Å². The average Bonchev–Trinajstić information content (AvgIpc) is 2.62. The molecular formula is C20H40NO3+. The van der Waals surface area contributed by atoms with E-state index in [9.17, 15) is 4.79 Å². The zero-order valence-corrected chi connectivity index (χ0v) is 16.2. The Morgan fingerprint density at radius 3 is 1.96 bits per heavy atom. The van der Waals surface area contributed by atoms with Crippen LogP contribution < -0.4 is 0 Å². The van der Waals surface area contributed by atoms with Gasteiger partial charge in [-0.25, -0.2) is 0 Å². The van der Waals surface area contributed by atoms with Crippen LogP contribution in [0.3, 0.4) is 0 Å². The molecular weight excluding hydrogens is 302 g/mol. The summed E-state index contributed by atoms with van der Waals surface area (Å²) >= 11 is 0. The summed E-state index contributed by atoms with van der Waals surface area (Å²) in [4.78, 5) is 11.5. The minimum atomic E-state index is -0.0814. The highest BCUT2D eigenvalue weighted by Crippen LogP contribution is 2.17. The minimum absolute atomic E-state index is 0.0814. The Balaban J connectivity index is 2.11. The Hall–Kier alpha value is -0.610. The first-order chi connectivity index (χ1) is 11.7. The molecule has 1 rings (SSSR count). The number of hydrogen-bond acceptors (Lipinski definition) is 3. The zero-order valence-electron chi connectivity index (χ0n) is 16.2. The highest BCUT2D eigenvalue weighted by molar-refractivity contribution is 5.69. The van der Waals surface area contributed by atoms with Crippen LogP contribution in [-0.2, 0) is 14.3 Å². The molecule has 1 heterocycles. The Morgan fingerprint density at radius 1 is 0.875 bits per heavy atom. The molecule has 24 heavy (non-hydrogen) atoms. The number of unbranched alkanes of at least 4 members (excludes halogenated alkanes) is 9. The van der Waals surface area contributed by atoms with Crippen LogP contribution in [0.15, 0.2) is 0 Å². The van der Waals surface area contributed by atoms with E-state index in [0.717, 1.165) is 37.3 Å². The number of quaternary nitrogens is 1. The Bertz CT molecular complexity index is 314. The number of morpholine rings is 1. The van der Waals surface area contributed by atoms with Gasteiger partial charge in [0.15, 0.2) is 0 Å². The maximum Gasteiger partial charge on any atom is 0.311 e. The average molecular weight is 343 g/mol. The molecule has 1 saturated heterocycles. The van der Waals surface area contributed by atoms with E-state index in [2.05, 4.69) is 6.92 Å². The van der Waals surface area contributed by atoms with Crippen molar-refractivity contribution in [1.82, 2.24) is 0 Å². The van der Waals surface area contributed by atoms with Crippen LogP contribution in [-0.4, -0.2) is 57.0 Å². The van der Waals surface area contributed by atoms with E-state index in [0.29, 0.717) is 6.42 Å². The fraction of sp³-hybridized carbons (Fsp3) is 0.950. The van der Waals surface area contributed by atoms with Gasteiger partial charge in [-0.15, -0.1) is 0 Å². The number of carbonyl (C=O) groups is 1. The van der Waals surface area contributed by atoms with Crippen molar-refractivity contribution in [3.63, 3.8) is 0 Å². The molecule has 0 spiro atoms. The van der Waals surface area contributed by atoms with E-state index in [1.54, 1.807) is 0 Å². The SMILES string of the molecule is CCCCCCCCCCCC[N+]1(CCC(=O)OC)CCOCC1. The lowest BCUT2D eigenvalue weighted by Crippen LogP contribution is -2.56. The van der Waals surface area contributed by atoms with Crippen LogP contribution in [0.4, 0.5) is 0 Å². The summed E-state index contributed by atoms with van der Waals surface area (Å²) in [5.74, 6) is -0.0814. The van der Waals surface area contributed by atoms with Crippen molar-refractivity contribution in [1.29, 1.82) is 0 Å². The van der Waals surface area contributed by atoms with Gasteiger partial charge in [0, 0.05) is 0 Å². The van der Waals surface area contributed by atoms with Gasteiger partial charge in [0.1, 0.15) is 13.1 Å². The van der Waals surface area contributed by atoms with Crippen molar-refractivity contribution >= 4 is 5.97 Å². The highest BCUT2D eigenvalue weighted by Gasteiger charge is 2.30. The number of carbonyl (C=O) groups excluding carboxylic acids is 1. The van der Waals surface area contributed by atoms with Crippen molar-refractivity contribution in [2.45, 2.75) is 77.6 Å². The number of rotatable bonds is 14. The lowest BCUT2D eigenvalue weighted by atomic mass is 10.1. The van der Waals surface area contributed by atoms with Gasteiger partial charge >= 0.3 is 5.97 Å². The fourth-order valence-electron chi connectivity index (χ4n) is 3.65. The maximum atomic E-state index is 11.5. The first-order valence-electron chi connectivity index (χ1n) is 10.2. The van der Waals surface area contributed by atoms with Gasteiger partial charge in [-0.1, -0.05) is 58.3 Å². The summed E-state index contributed by atoms with van der Waals surface area (Å²) in [6.07, 6.45) is 14.3. The smallest absolute Gasteiger partial charge is 0.311 e.